The molecule has 5 nitrogen and oxygen atoms in total. The van der Waals surface area contributed by atoms with Gasteiger partial charge in [-0.3, -0.25) is 4.79 Å². The minimum atomic E-state index is -0.690. The van der Waals surface area contributed by atoms with Crippen molar-refractivity contribution >= 4 is 40.4 Å². The van der Waals surface area contributed by atoms with Gasteiger partial charge in [0.25, 0.3) is 0 Å². The molecule has 0 bridgehead atoms. The lowest BCUT2D eigenvalue weighted by Gasteiger charge is -2.29. The van der Waals surface area contributed by atoms with E-state index in [2.05, 4.69) is 97.5 Å². The molecule has 0 amide bonds. The molecule has 35 heavy (non-hydrogen) atoms. The highest BCUT2D eigenvalue weighted by atomic mass is 32.2. The van der Waals surface area contributed by atoms with Gasteiger partial charge in [0.05, 0.1) is 49.7 Å². The second-order valence-corrected chi connectivity index (χ2v) is 11.1. The number of benzene rings is 2. The van der Waals surface area contributed by atoms with E-state index in [4.69, 9.17) is 5.11 Å². The third kappa shape index (κ3) is 6.44. The molecule has 1 aliphatic rings. The average Bonchev–Trinajstić information content (AvgIpc) is 3.15. The zero-order chi connectivity index (χ0) is 24.8. The van der Waals surface area contributed by atoms with Crippen LogP contribution in [0.2, 0.25) is 0 Å². The maximum atomic E-state index is 10.7. The molecule has 0 atom stereocenters. The number of carboxylic acids is 1. The lowest BCUT2D eigenvalue weighted by Crippen LogP contribution is -2.44. The van der Waals surface area contributed by atoms with E-state index in [1.165, 1.54) is 32.1 Å². The van der Waals surface area contributed by atoms with E-state index in [9.17, 15) is 4.79 Å². The second-order valence-electron chi connectivity index (χ2n) is 10.0. The van der Waals surface area contributed by atoms with Gasteiger partial charge in [-0.25, -0.2) is 0 Å². The molecular weight excluding hydrogens is 454 g/mol. The number of fused-ring (bicyclic) bond motifs is 2. The first-order valence-corrected chi connectivity index (χ1v) is 13.3. The molecule has 0 fully saturated rings. The number of hydrogen-bond donors (Lipinski definition) is 1. The molecule has 3 aromatic rings. The Morgan fingerprint density at radius 3 is 2.54 bits per heavy atom. The third-order valence-electron chi connectivity index (χ3n) is 6.83. The van der Waals surface area contributed by atoms with Crippen molar-refractivity contribution in [3.63, 3.8) is 0 Å². The normalized spacial score (nSPS) is 14.6. The van der Waals surface area contributed by atoms with E-state index in [0.29, 0.717) is 0 Å². The Hall–Kier alpha value is -2.83. The van der Waals surface area contributed by atoms with Gasteiger partial charge in [-0.2, -0.15) is 4.57 Å². The summed E-state index contributed by atoms with van der Waals surface area (Å²) in [5.41, 5.74) is 3.78. The maximum absolute atomic E-state index is 10.7. The number of thioether (sulfide) groups is 1. The van der Waals surface area contributed by atoms with Crippen LogP contribution in [0.1, 0.15) is 37.7 Å². The highest BCUT2D eigenvalue weighted by Gasteiger charge is 2.22. The topological polar surface area (TPSA) is 44.4 Å². The highest BCUT2D eigenvalue weighted by molar-refractivity contribution is 8.03. The molecule has 2 aromatic carbocycles. The molecule has 0 unspecified atom stereocenters. The van der Waals surface area contributed by atoms with Crippen LogP contribution in [0.3, 0.4) is 0 Å². The first-order chi connectivity index (χ1) is 16.8. The van der Waals surface area contributed by atoms with Crippen molar-refractivity contribution in [3.05, 3.63) is 71.4 Å². The summed E-state index contributed by atoms with van der Waals surface area (Å²) in [6.07, 6.45) is 8.77. The molecule has 1 N–H and O–H groups in total. The maximum Gasteiger partial charge on any atom is 0.303 e. The van der Waals surface area contributed by atoms with Gasteiger partial charge >= 0.3 is 5.97 Å². The van der Waals surface area contributed by atoms with Gasteiger partial charge in [-0.15, -0.1) is 0 Å². The standard InChI is InChI=1S/C29H36N3O2S/c1-30-26-14-8-9-15-27(26)35-28(30)22-23-17-19-31(25-13-7-6-12-24(23)25)18-11-21-32(2,3)20-10-4-5-16-29(33)34/h6-9,12-15,17,19,22H,4-5,10-11,16,18,20-21H2,1-3H3/q+1/p+1. The number of aryl methyl sites for hydroxylation is 1. The van der Waals surface area contributed by atoms with Crippen LogP contribution >= 0.6 is 11.8 Å². The van der Waals surface area contributed by atoms with Crippen LogP contribution in [0.5, 0.6) is 0 Å². The van der Waals surface area contributed by atoms with Crippen molar-refractivity contribution < 1.29 is 19.0 Å². The van der Waals surface area contributed by atoms with Crippen LogP contribution in [-0.2, 0) is 11.3 Å². The van der Waals surface area contributed by atoms with Crippen LogP contribution in [0.4, 0.5) is 5.69 Å². The number of aromatic nitrogens is 1. The summed E-state index contributed by atoms with van der Waals surface area (Å²) in [6, 6.07) is 19.5. The number of quaternary nitrogens is 1. The molecule has 0 spiro atoms. The zero-order valence-electron chi connectivity index (χ0n) is 21.1. The zero-order valence-corrected chi connectivity index (χ0v) is 21.9. The fourth-order valence-electron chi connectivity index (χ4n) is 4.78. The van der Waals surface area contributed by atoms with E-state index < -0.39 is 5.97 Å². The number of anilines is 1. The fourth-order valence-corrected chi connectivity index (χ4v) is 5.89. The van der Waals surface area contributed by atoms with Crippen molar-refractivity contribution in [2.75, 3.05) is 39.1 Å². The van der Waals surface area contributed by atoms with Gasteiger partial charge in [0, 0.05) is 30.5 Å². The van der Waals surface area contributed by atoms with Gasteiger partial charge < -0.3 is 14.5 Å². The van der Waals surface area contributed by atoms with Gasteiger partial charge in [0.15, 0.2) is 12.7 Å². The van der Waals surface area contributed by atoms with E-state index in [1.54, 1.807) is 0 Å². The molecule has 1 aliphatic heterocycles. The van der Waals surface area contributed by atoms with Crippen LogP contribution in [0.15, 0.2) is 70.7 Å². The third-order valence-corrected chi connectivity index (χ3v) is 7.99. The van der Waals surface area contributed by atoms with Crippen molar-refractivity contribution in [3.8, 4) is 0 Å². The Labute approximate surface area is 213 Å². The Bertz CT molecular complexity index is 1220. The largest absolute Gasteiger partial charge is 0.481 e. The number of carboxylic acid groups (broad SMARTS) is 1. The molecule has 6 heteroatoms. The number of para-hydroxylation sites is 2. The molecule has 0 saturated carbocycles. The summed E-state index contributed by atoms with van der Waals surface area (Å²) < 4.78 is 3.35. The molecule has 0 saturated heterocycles. The number of rotatable bonds is 11. The highest BCUT2D eigenvalue weighted by Crippen LogP contribution is 2.45. The Morgan fingerprint density at radius 1 is 1.00 bits per heavy atom. The van der Waals surface area contributed by atoms with E-state index in [-0.39, 0.29) is 6.42 Å². The predicted molar refractivity (Wildman–Crippen MR) is 145 cm³/mol. The minimum Gasteiger partial charge on any atom is -0.481 e. The number of hydrogen-bond acceptors (Lipinski definition) is 3. The first kappa shape index (κ1) is 25.3. The average molecular weight is 492 g/mol. The number of unbranched alkanes of at least 4 members (excludes halogenated alkanes) is 2. The molecular formula is C29H37N3O2S+2. The van der Waals surface area contributed by atoms with E-state index >= 15 is 0 Å². The summed E-state index contributed by atoms with van der Waals surface area (Å²) >= 11 is 1.83. The van der Waals surface area contributed by atoms with Crippen molar-refractivity contribution in [2.24, 2.45) is 0 Å². The van der Waals surface area contributed by atoms with Crippen LogP contribution < -0.4 is 9.47 Å². The molecule has 2 heterocycles. The molecule has 184 valence electrons. The minimum absolute atomic E-state index is 0.283. The summed E-state index contributed by atoms with van der Waals surface area (Å²) in [7, 11) is 6.70. The smallest absolute Gasteiger partial charge is 0.303 e. The number of carbonyl (C=O) groups is 1. The predicted octanol–water partition coefficient (Wildman–Crippen LogP) is 5.78. The summed E-state index contributed by atoms with van der Waals surface area (Å²) in [5, 5.41) is 11.3. The van der Waals surface area contributed by atoms with Crippen LogP contribution in [0, 0.1) is 0 Å². The monoisotopic (exact) mass is 491 g/mol. The van der Waals surface area contributed by atoms with Crippen molar-refractivity contribution in [2.45, 2.75) is 43.5 Å². The van der Waals surface area contributed by atoms with Gasteiger partial charge in [0.1, 0.15) is 0 Å². The summed E-state index contributed by atoms with van der Waals surface area (Å²) in [4.78, 5) is 14.3. The summed E-state index contributed by atoms with van der Waals surface area (Å²) in [5.74, 6) is -0.690. The lowest BCUT2D eigenvalue weighted by atomic mass is 10.1. The van der Waals surface area contributed by atoms with Crippen LogP contribution in [-0.4, -0.2) is 49.8 Å². The molecule has 1 aromatic heterocycles. The second kappa shape index (κ2) is 11.3. The van der Waals surface area contributed by atoms with Gasteiger partial charge in [-0.1, -0.05) is 36.0 Å². The Balaban J connectivity index is 1.41. The Morgan fingerprint density at radius 2 is 1.74 bits per heavy atom. The van der Waals surface area contributed by atoms with Crippen molar-refractivity contribution in [1.29, 1.82) is 0 Å². The lowest BCUT2D eigenvalue weighted by molar-refractivity contribution is -0.892. The quantitative estimate of drug-likeness (QED) is 0.210. The number of pyridine rings is 1. The van der Waals surface area contributed by atoms with Crippen LogP contribution in [0.25, 0.3) is 17.0 Å². The molecule has 4 rings (SSSR count). The van der Waals surface area contributed by atoms with E-state index in [1.807, 2.05) is 11.8 Å². The van der Waals surface area contributed by atoms with Gasteiger partial charge in [0.2, 0.25) is 5.52 Å². The van der Waals surface area contributed by atoms with Gasteiger partial charge in [-0.05, 0) is 49.1 Å². The molecule has 0 radical (unpaired) electrons. The Kier molecular flexibility index (Phi) is 8.14. The van der Waals surface area contributed by atoms with Crippen molar-refractivity contribution in [1.82, 2.24) is 0 Å². The first-order valence-electron chi connectivity index (χ1n) is 12.5. The SMILES string of the molecule is CN1/C(=C/c2cc[n+](CCC[N+](C)(C)CCCCCC(=O)O)c3ccccc23)Sc2ccccc21. The molecule has 0 aliphatic carbocycles. The number of aliphatic carboxylic acids is 1. The fraction of sp³-hybridized carbons (Fsp3) is 0.379. The number of nitrogens with zero attached hydrogens (tertiary/aromatic N) is 3. The summed E-state index contributed by atoms with van der Waals surface area (Å²) in [6.45, 7) is 3.18. The van der Waals surface area contributed by atoms with E-state index in [0.717, 1.165) is 49.8 Å².